The molecule has 0 bridgehead atoms. The van der Waals surface area contributed by atoms with Gasteiger partial charge in [0.15, 0.2) is 0 Å². The van der Waals surface area contributed by atoms with Crippen molar-refractivity contribution in [1.82, 2.24) is 0 Å². The maximum Gasteiger partial charge on any atom is 0.338 e. The van der Waals surface area contributed by atoms with Crippen LogP contribution >= 0.6 is 0 Å². The van der Waals surface area contributed by atoms with Crippen LogP contribution in [0.2, 0.25) is 0 Å². The highest BCUT2D eigenvalue weighted by molar-refractivity contribution is 7.86. The summed E-state index contributed by atoms with van der Waals surface area (Å²) in [7, 11) is -3.89. The van der Waals surface area contributed by atoms with E-state index < -0.39 is 15.0 Å². The van der Waals surface area contributed by atoms with Gasteiger partial charge in [-0.25, -0.2) is 0 Å². The zero-order valence-electron chi connectivity index (χ0n) is 7.49. The van der Waals surface area contributed by atoms with E-state index in [0.29, 0.717) is 0 Å². The van der Waals surface area contributed by atoms with Gasteiger partial charge in [0.1, 0.15) is 4.90 Å². The molecule has 0 N–H and O–H groups in total. The van der Waals surface area contributed by atoms with Gasteiger partial charge in [-0.1, -0.05) is 6.58 Å². The molecule has 0 heterocycles. The largest absolute Gasteiger partial charge is 0.388 e. The summed E-state index contributed by atoms with van der Waals surface area (Å²) in [6.07, 6.45) is 0.775. The van der Waals surface area contributed by atoms with Crippen LogP contribution in [0.3, 0.4) is 0 Å². The second-order valence-corrected chi connectivity index (χ2v) is 4.04. The normalized spacial score (nSPS) is 10.7. The van der Waals surface area contributed by atoms with Gasteiger partial charge in [-0.3, -0.25) is 10.1 Å². The first-order chi connectivity index (χ1) is 6.97. The molecule has 0 amide bonds. The molecular weight excluding hydrogens is 222 g/mol. The minimum absolute atomic E-state index is 0.159. The first kappa shape index (κ1) is 11.2. The van der Waals surface area contributed by atoms with Gasteiger partial charge in [0.2, 0.25) is 0 Å². The summed E-state index contributed by atoms with van der Waals surface area (Å²) >= 11 is 0. The quantitative estimate of drug-likeness (QED) is 0.337. The van der Waals surface area contributed by atoms with E-state index in [1.807, 2.05) is 0 Å². The lowest BCUT2D eigenvalue weighted by Crippen LogP contribution is -2.01. The van der Waals surface area contributed by atoms with Crippen molar-refractivity contribution in [1.29, 1.82) is 0 Å². The van der Waals surface area contributed by atoms with Crippen LogP contribution in [-0.2, 0) is 14.3 Å². The highest BCUT2D eigenvalue weighted by Gasteiger charge is 2.15. The number of hydrogen-bond acceptors (Lipinski definition) is 5. The summed E-state index contributed by atoms with van der Waals surface area (Å²) in [5.74, 6) is 0. The van der Waals surface area contributed by atoms with E-state index in [9.17, 15) is 18.5 Å². The van der Waals surface area contributed by atoms with E-state index in [4.69, 9.17) is 0 Å². The minimum Gasteiger partial charge on any atom is -0.388 e. The Morgan fingerprint density at radius 1 is 1.33 bits per heavy atom. The molecule has 0 aliphatic carbocycles. The SMILES string of the molecule is C=COS(=O)(=O)c1ccc([N+](=O)[O-])cc1. The standard InChI is InChI=1S/C8H7NO5S/c1-2-14-15(12,13)8-5-3-7(4-6-8)9(10)11/h2-6H,1H2. The van der Waals surface area contributed by atoms with Crippen LogP contribution in [0, 0.1) is 10.1 Å². The van der Waals surface area contributed by atoms with Crippen LogP contribution in [0.25, 0.3) is 0 Å². The fourth-order valence-electron chi connectivity index (χ4n) is 0.880. The Hall–Kier alpha value is -1.89. The van der Waals surface area contributed by atoms with E-state index in [1.165, 1.54) is 0 Å². The summed E-state index contributed by atoms with van der Waals surface area (Å²) in [6, 6.07) is 4.35. The molecule has 0 saturated carbocycles. The molecule has 0 unspecified atom stereocenters. The Balaban J connectivity index is 3.09. The molecule has 1 rings (SSSR count). The maximum absolute atomic E-state index is 11.3. The average Bonchev–Trinajstić information content (AvgIpc) is 2.18. The van der Waals surface area contributed by atoms with Crippen LogP contribution in [0.4, 0.5) is 5.69 Å². The molecule has 80 valence electrons. The van der Waals surface area contributed by atoms with E-state index in [1.54, 1.807) is 0 Å². The third kappa shape index (κ3) is 2.53. The average molecular weight is 229 g/mol. The summed E-state index contributed by atoms with van der Waals surface area (Å²) < 4.78 is 26.8. The number of hydrogen-bond donors (Lipinski definition) is 0. The van der Waals surface area contributed by atoms with Gasteiger partial charge in [-0.2, -0.15) is 8.42 Å². The zero-order chi connectivity index (χ0) is 11.5. The van der Waals surface area contributed by atoms with Crippen molar-refractivity contribution in [2.75, 3.05) is 0 Å². The summed E-state index contributed by atoms with van der Waals surface area (Å²) in [5.41, 5.74) is -0.187. The lowest BCUT2D eigenvalue weighted by molar-refractivity contribution is -0.384. The zero-order valence-corrected chi connectivity index (χ0v) is 8.31. The molecule has 6 nitrogen and oxygen atoms in total. The van der Waals surface area contributed by atoms with Crippen LogP contribution in [0.15, 0.2) is 42.0 Å². The third-order valence-electron chi connectivity index (χ3n) is 1.53. The van der Waals surface area contributed by atoms with E-state index in [2.05, 4.69) is 10.8 Å². The number of nitro benzene ring substituents is 1. The summed E-state index contributed by atoms with van der Waals surface area (Å²) in [4.78, 5) is 9.52. The predicted octanol–water partition coefficient (Wildman–Crippen LogP) is 1.44. The van der Waals surface area contributed by atoms with Crippen molar-refractivity contribution in [2.45, 2.75) is 4.90 Å². The van der Waals surface area contributed by atoms with Crippen LogP contribution in [-0.4, -0.2) is 13.3 Å². The maximum atomic E-state index is 11.3. The van der Waals surface area contributed by atoms with Crippen molar-refractivity contribution < 1.29 is 17.5 Å². The molecule has 1 aromatic carbocycles. The van der Waals surface area contributed by atoms with Gasteiger partial charge in [-0.05, 0) is 12.1 Å². The number of non-ortho nitro benzene ring substituents is 1. The molecule has 7 heteroatoms. The Morgan fingerprint density at radius 2 is 1.87 bits per heavy atom. The van der Waals surface area contributed by atoms with Gasteiger partial charge in [0.25, 0.3) is 5.69 Å². The van der Waals surface area contributed by atoms with Crippen LogP contribution in [0.5, 0.6) is 0 Å². The molecule has 0 atom stereocenters. The monoisotopic (exact) mass is 229 g/mol. The molecule has 15 heavy (non-hydrogen) atoms. The first-order valence-corrected chi connectivity index (χ1v) is 5.17. The Bertz CT molecular complexity index is 476. The van der Waals surface area contributed by atoms with Crippen molar-refractivity contribution in [3.63, 3.8) is 0 Å². The van der Waals surface area contributed by atoms with E-state index in [-0.39, 0.29) is 10.6 Å². The predicted molar refractivity (Wildman–Crippen MR) is 51.6 cm³/mol. The topological polar surface area (TPSA) is 86.5 Å². The Morgan fingerprint density at radius 3 is 2.27 bits per heavy atom. The molecule has 0 aromatic heterocycles. The second kappa shape index (κ2) is 4.09. The highest BCUT2D eigenvalue weighted by Crippen LogP contribution is 2.17. The van der Waals surface area contributed by atoms with E-state index >= 15 is 0 Å². The van der Waals surface area contributed by atoms with E-state index in [0.717, 1.165) is 30.5 Å². The van der Waals surface area contributed by atoms with Gasteiger partial charge < -0.3 is 4.18 Å². The summed E-state index contributed by atoms with van der Waals surface area (Å²) in [6.45, 7) is 3.11. The molecule has 0 saturated heterocycles. The van der Waals surface area contributed by atoms with Gasteiger partial charge in [0.05, 0.1) is 11.2 Å². The first-order valence-electron chi connectivity index (χ1n) is 3.76. The minimum atomic E-state index is -3.89. The fraction of sp³-hybridized carbons (Fsp3) is 0. The molecule has 0 fully saturated rings. The summed E-state index contributed by atoms with van der Waals surface area (Å²) in [5, 5.41) is 10.3. The number of nitro groups is 1. The van der Waals surface area contributed by atoms with Crippen molar-refractivity contribution in [3.05, 3.63) is 47.2 Å². The second-order valence-electron chi connectivity index (χ2n) is 2.47. The molecule has 0 aliphatic rings. The molecular formula is C8H7NO5S. The highest BCUT2D eigenvalue weighted by atomic mass is 32.2. The Labute approximate surface area is 86.1 Å². The van der Waals surface area contributed by atoms with Crippen LogP contribution < -0.4 is 0 Å². The van der Waals surface area contributed by atoms with Crippen molar-refractivity contribution >= 4 is 15.8 Å². The third-order valence-corrected chi connectivity index (χ3v) is 2.77. The Kier molecular flexibility index (Phi) is 3.05. The van der Waals surface area contributed by atoms with Crippen molar-refractivity contribution in [2.24, 2.45) is 0 Å². The molecule has 0 spiro atoms. The lowest BCUT2D eigenvalue weighted by Gasteiger charge is -2.01. The molecule has 0 radical (unpaired) electrons. The molecule has 0 aliphatic heterocycles. The molecule has 1 aromatic rings. The van der Waals surface area contributed by atoms with Gasteiger partial charge in [0, 0.05) is 12.1 Å². The number of benzene rings is 1. The van der Waals surface area contributed by atoms with Gasteiger partial charge >= 0.3 is 10.1 Å². The fourth-order valence-corrected chi connectivity index (χ4v) is 1.64. The number of rotatable bonds is 4. The number of nitrogens with zero attached hydrogens (tertiary/aromatic N) is 1. The lowest BCUT2D eigenvalue weighted by atomic mass is 10.3. The smallest absolute Gasteiger partial charge is 0.338 e. The van der Waals surface area contributed by atoms with Crippen molar-refractivity contribution in [3.8, 4) is 0 Å². The van der Waals surface area contributed by atoms with Crippen LogP contribution in [0.1, 0.15) is 0 Å². The van der Waals surface area contributed by atoms with Gasteiger partial charge in [-0.15, -0.1) is 0 Å².